The monoisotopic (exact) mass is 486 g/mol. The molecule has 36 heavy (non-hydrogen) atoms. The van der Waals surface area contributed by atoms with Crippen LogP contribution in [0.2, 0.25) is 0 Å². The molecule has 2 saturated heterocycles. The van der Waals surface area contributed by atoms with E-state index in [4.69, 9.17) is 5.73 Å². The van der Waals surface area contributed by atoms with Gasteiger partial charge in [-0.1, -0.05) is 24.8 Å². The molecule has 2 saturated carbocycles. The maximum absolute atomic E-state index is 13.0. The number of piperazine rings is 1. The van der Waals surface area contributed by atoms with Crippen molar-refractivity contribution < 1.29 is 9.59 Å². The summed E-state index contributed by atoms with van der Waals surface area (Å²) in [4.78, 5) is 40.8. The highest BCUT2D eigenvalue weighted by Crippen LogP contribution is 2.54. The summed E-state index contributed by atoms with van der Waals surface area (Å²) in [6, 6.07) is 5.92. The first-order valence-electron chi connectivity index (χ1n) is 13.1. The van der Waals surface area contributed by atoms with E-state index in [0.29, 0.717) is 44.4 Å². The number of likely N-dealkylation sites (tertiary alicyclic amines) is 1. The Balaban J connectivity index is 0.934. The van der Waals surface area contributed by atoms with Gasteiger partial charge in [-0.3, -0.25) is 9.78 Å². The summed E-state index contributed by atoms with van der Waals surface area (Å²) in [5.41, 5.74) is 9.97. The average molecular weight is 487 g/mol. The number of rotatable bonds is 5. The van der Waals surface area contributed by atoms with E-state index in [2.05, 4.69) is 16.6 Å². The Hall–Kier alpha value is -3.42. The zero-order valence-electron chi connectivity index (χ0n) is 20.7. The highest BCUT2D eigenvalue weighted by Gasteiger charge is 2.55. The number of hydrogen-bond donors (Lipinski definition) is 1. The highest BCUT2D eigenvalue weighted by molar-refractivity contribution is 5.98. The molecule has 0 unspecified atom stereocenters. The van der Waals surface area contributed by atoms with Gasteiger partial charge in [0, 0.05) is 80.4 Å². The van der Waals surface area contributed by atoms with Crippen LogP contribution in [0, 0.1) is 17.3 Å². The number of urea groups is 1. The van der Waals surface area contributed by atoms with Crippen LogP contribution in [0.15, 0.2) is 59.4 Å². The van der Waals surface area contributed by atoms with Crippen molar-refractivity contribution in [1.29, 1.82) is 0 Å². The molecule has 0 bridgehead atoms. The number of nitrogens with two attached hydrogens (primary N) is 1. The molecular formula is C28H34N6O2. The summed E-state index contributed by atoms with van der Waals surface area (Å²) in [6.07, 6.45) is 10.7. The fourth-order valence-electron chi connectivity index (χ4n) is 6.01. The summed E-state index contributed by atoms with van der Waals surface area (Å²) in [7, 11) is 0. The van der Waals surface area contributed by atoms with E-state index in [9.17, 15) is 9.59 Å². The average Bonchev–Trinajstić information content (AvgIpc) is 3.59. The van der Waals surface area contributed by atoms with Crippen LogP contribution in [0.4, 0.5) is 4.79 Å². The molecule has 1 aromatic heterocycles. The lowest BCUT2D eigenvalue weighted by molar-refractivity contribution is -0.128. The van der Waals surface area contributed by atoms with Crippen LogP contribution in [0.5, 0.6) is 0 Å². The molecular weight excluding hydrogens is 452 g/mol. The van der Waals surface area contributed by atoms with Crippen LogP contribution in [0.25, 0.3) is 5.57 Å². The summed E-state index contributed by atoms with van der Waals surface area (Å²) in [6.45, 7) is 8.07. The van der Waals surface area contributed by atoms with E-state index in [1.807, 2.05) is 45.1 Å². The Kier molecular flexibility index (Phi) is 5.69. The van der Waals surface area contributed by atoms with Crippen LogP contribution in [-0.2, 0) is 4.79 Å². The van der Waals surface area contributed by atoms with Crippen molar-refractivity contribution in [1.82, 2.24) is 19.7 Å². The largest absolute Gasteiger partial charge is 0.387 e. The van der Waals surface area contributed by atoms with Gasteiger partial charge in [-0.2, -0.15) is 0 Å². The van der Waals surface area contributed by atoms with Gasteiger partial charge in [-0.25, -0.2) is 9.79 Å². The summed E-state index contributed by atoms with van der Waals surface area (Å²) >= 11 is 0. The lowest BCUT2D eigenvalue weighted by atomic mass is 9.57. The van der Waals surface area contributed by atoms with Crippen molar-refractivity contribution in [3.63, 3.8) is 0 Å². The molecule has 8 nitrogen and oxygen atoms in total. The lowest BCUT2D eigenvalue weighted by Gasteiger charge is -2.59. The predicted octanol–water partition coefficient (Wildman–Crippen LogP) is 3.05. The molecule has 2 N–H and O–H groups in total. The second-order valence-electron chi connectivity index (χ2n) is 11.1. The standard InChI is InChI=1S/C28H34N6O2/c1-19(31-25(29)20-5-6-20)23-15-28(16-23)17-34(18-28)27(36)33-12-10-32(11-13-33)26(35)22-8-7-21(14-22)24-4-2-3-9-30-24/h2-4,7-9,20,23H,1,5-6,10-18H2,(H2,29,31). The third-order valence-corrected chi connectivity index (χ3v) is 8.39. The highest BCUT2D eigenvalue weighted by atomic mass is 16.2. The number of nitrogens with zero attached hydrogens (tertiary/aromatic N) is 5. The molecule has 188 valence electrons. The van der Waals surface area contributed by atoms with E-state index in [1.54, 1.807) is 6.20 Å². The number of pyridine rings is 1. The van der Waals surface area contributed by atoms with Gasteiger partial charge in [-0.05, 0) is 43.4 Å². The minimum absolute atomic E-state index is 0.0675. The smallest absolute Gasteiger partial charge is 0.320 e. The first-order chi connectivity index (χ1) is 17.4. The Bertz CT molecular complexity index is 1160. The minimum atomic E-state index is 0.0675. The van der Waals surface area contributed by atoms with Crippen LogP contribution >= 0.6 is 0 Å². The van der Waals surface area contributed by atoms with Gasteiger partial charge >= 0.3 is 6.03 Å². The van der Waals surface area contributed by atoms with Crippen LogP contribution in [0.3, 0.4) is 0 Å². The second kappa shape index (κ2) is 8.91. The van der Waals surface area contributed by atoms with Crippen LogP contribution in [0.1, 0.15) is 37.8 Å². The first-order valence-corrected chi connectivity index (χ1v) is 13.1. The molecule has 1 aromatic rings. The van der Waals surface area contributed by atoms with Gasteiger partial charge in [0.15, 0.2) is 0 Å². The Labute approximate surface area is 212 Å². The Morgan fingerprint density at radius 3 is 2.39 bits per heavy atom. The van der Waals surface area contributed by atoms with E-state index in [0.717, 1.165) is 67.1 Å². The predicted molar refractivity (Wildman–Crippen MR) is 139 cm³/mol. The van der Waals surface area contributed by atoms with Gasteiger partial charge in [0.25, 0.3) is 0 Å². The van der Waals surface area contributed by atoms with Gasteiger partial charge in [0.1, 0.15) is 5.84 Å². The van der Waals surface area contributed by atoms with Crippen molar-refractivity contribution in [2.75, 3.05) is 39.3 Å². The van der Waals surface area contributed by atoms with Crippen molar-refractivity contribution in [2.45, 2.75) is 32.1 Å². The van der Waals surface area contributed by atoms with E-state index >= 15 is 0 Å². The molecule has 5 aliphatic rings. The van der Waals surface area contributed by atoms with Crippen LogP contribution in [-0.4, -0.2) is 76.7 Å². The number of amidine groups is 1. The fraction of sp³-hybridized carbons (Fsp3) is 0.500. The zero-order valence-corrected chi connectivity index (χ0v) is 20.7. The number of hydrogen-bond acceptors (Lipinski definition) is 4. The molecule has 0 aromatic carbocycles. The Morgan fingerprint density at radius 2 is 1.72 bits per heavy atom. The Morgan fingerprint density at radius 1 is 1.00 bits per heavy atom. The number of carbonyl (C=O) groups excluding carboxylic acids is 2. The zero-order chi connectivity index (χ0) is 24.9. The summed E-state index contributed by atoms with van der Waals surface area (Å²) < 4.78 is 0. The summed E-state index contributed by atoms with van der Waals surface area (Å²) in [5.74, 6) is 1.68. The van der Waals surface area contributed by atoms with E-state index in [1.165, 1.54) is 0 Å². The van der Waals surface area contributed by atoms with Crippen LogP contribution < -0.4 is 5.73 Å². The van der Waals surface area contributed by atoms with Gasteiger partial charge in [0.2, 0.25) is 5.91 Å². The molecule has 3 heterocycles. The number of aliphatic imine (C=N–C) groups is 1. The van der Waals surface area contributed by atoms with Crippen molar-refractivity contribution in [2.24, 2.45) is 28.0 Å². The van der Waals surface area contributed by atoms with Crippen molar-refractivity contribution in [3.8, 4) is 0 Å². The molecule has 2 aliphatic heterocycles. The first kappa shape index (κ1) is 23.0. The molecule has 8 heteroatoms. The molecule has 1 spiro atoms. The van der Waals surface area contributed by atoms with Crippen molar-refractivity contribution in [3.05, 3.63) is 60.1 Å². The maximum atomic E-state index is 13.0. The third-order valence-electron chi connectivity index (χ3n) is 8.39. The SMILES string of the molecule is C=C(N=C(N)C1CC1)C1CC2(C1)CN(C(=O)N1CCN(C(=O)C3=CC=C(c4ccccn4)C3)CC1)C2. The number of amides is 3. The topological polar surface area (TPSA) is 95.1 Å². The number of allylic oxidation sites excluding steroid dienone is 4. The molecule has 3 aliphatic carbocycles. The van der Waals surface area contributed by atoms with Gasteiger partial charge in [-0.15, -0.1) is 0 Å². The van der Waals surface area contributed by atoms with Gasteiger partial charge in [0.05, 0.1) is 5.69 Å². The minimum Gasteiger partial charge on any atom is -0.387 e. The molecule has 0 radical (unpaired) electrons. The third kappa shape index (κ3) is 4.33. The van der Waals surface area contributed by atoms with Gasteiger partial charge < -0.3 is 20.4 Å². The molecule has 4 fully saturated rings. The second-order valence-corrected chi connectivity index (χ2v) is 11.1. The maximum Gasteiger partial charge on any atom is 0.320 e. The molecule has 3 amide bonds. The lowest BCUT2D eigenvalue weighted by Crippen LogP contribution is -2.67. The number of carbonyl (C=O) groups is 2. The fourth-order valence-corrected chi connectivity index (χ4v) is 6.01. The van der Waals surface area contributed by atoms with E-state index in [-0.39, 0.29) is 17.4 Å². The van der Waals surface area contributed by atoms with E-state index < -0.39 is 0 Å². The normalized spacial score (nSPS) is 23.7. The molecule has 6 rings (SSSR count). The van der Waals surface area contributed by atoms with Crippen molar-refractivity contribution >= 4 is 23.3 Å². The number of aromatic nitrogens is 1. The quantitative estimate of drug-likeness (QED) is 0.511. The summed E-state index contributed by atoms with van der Waals surface area (Å²) in [5, 5.41) is 0. The molecule has 0 atom stereocenters.